The number of benzene rings is 3. The van der Waals surface area contributed by atoms with Crippen molar-refractivity contribution < 1.29 is 4.79 Å². The number of rotatable bonds is 5. The van der Waals surface area contributed by atoms with E-state index in [9.17, 15) is 9.59 Å². The lowest BCUT2D eigenvalue weighted by Gasteiger charge is -2.13. The fourth-order valence-corrected chi connectivity index (χ4v) is 6.87. The first-order valence-corrected chi connectivity index (χ1v) is 13.3. The van der Waals surface area contributed by atoms with Crippen molar-refractivity contribution in [2.45, 2.75) is 30.8 Å². The zero-order valence-electron chi connectivity index (χ0n) is 18.5. The number of ketones is 1. The normalized spacial score (nSPS) is 13.3. The fraction of sp³-hybridized carbons (Fsp3) is 0.179. The van der Waals surface area contributed by atoms with Crippen LogP contribution in [0.25, 0.3) is 26.7 Å². The Balaban J connectivity index is 1.40. The number of fused-ring (bicyclic) bond motifs is 4. The van der Waals surface area contributed by atoms with Crippen LogP contribution in [0.15, 0.2) is 82.7 Å². The molecule has 6 heteroatoms. The van der Waals surface area contributed by atoms with Crippen molar-refractivity contribution in [3.63, 3.8) is 0 Å². The van der Waals surface area contributed by atoms with E-state index in [4.69, 9.17) is 4.98 Å². The molecule has 2 heterocycles. The maximum atomic E-state index is 13.8. The number of carbonyl (C=O) groups is 1. The van der Waals surface area contributed by atoms with E-state index >= 15 is 0 Å². The smallest absolute Gasteiger partial charge is 0.267 e. The van der Waals surface area contributed by atoms with Gasteiger partial charge in [0.25, 0.3) is 5.56 Å². The van der Waals surface area contributed by atoms with E-state index in [1.54, 1.807) is 15.9 Å². The molecule has 5 aromatic rings. The lowest BCUT2D eigenvalue weighted by Crippen LogP contribution is -2.22. The van der Waals surface area contributed by atoms with Crippen molar-refractivity contribution in [2.75, 3.05) is 5.75 Å². The zero-order valence-corrected chi connectivity index (χ0v) is 20.1. The lowest BCUT2D eigenvalue weighted by atomic mass is 9.97. The fourth-order valence-electron chi connectivity index (χ4n) is 4.66. The van der Waals surface area contributed by atoms with Crippen LogP contribution in [-0.2, 0) is 12.8 Å². The molecule has 2 aromatic heterocycles. The molecular weight excluding hydrogens is 460 g/mol. The summed E-state index contributed by atoms with van der Waals surface area (Å²) in [5, 5.41) is 3.48. The van der Waals surface area contributed by atoms with Crippen LogP contribution in [0.3, 0.4) is 0 Å². The number of carbonyl (C=O) groups excluding carboxylic acids is 1. The number of aryl methyl sites for hydroxylation is 2. The minimum atomic E-state index is -0.0312. The Labute approximate surface area is 205 Å². The van der Waals surface area contributed by atoms with Gasteiger partial charge in [0.15, 0.2) is 10.9 Å². The molecule has 1 aliphatic rings. The van der Waals surface area contributed by atoms with Crippen LogP contribution in [0.4, 0.5) is 0 Å². The van der Waals surface area contributed by atoms with E-state index in [0.717, 1.165) is 52.4 Å². The molecule has 0 fully saturated rings. The van der Waals surface area contributed by atoms with Crippen LogP contribution in [0.2, 0.25) is 0 Å². The second kappa shape index (κ2) is 8.85. The molecule has 0 unspecified atom stereocenters. The summed E-state index contributed by atoms with van der Waals surface area (Å²) in [6.07, 6.45) is 4.23. The molecule has 0 amide bonds. The SMILES string of the molecule is O=C(CSc1nc2sc3c(c2c(=O)n1-c1ccccc1)CCCC3)c1ccc2ccccc2c1. The standard InChI is InChI=1S/C28H22N2O2S2/c31-23(20-15-14-18-8-4-5-9-19(18)16-20)17-33-28-29-26-25(22-12-6-7-13-24(22)34-26)27(32)30(28)21-10-2-1-3-11-21/h1-5,8-11,14-16H,6-7,12-13,17H2. The van der Waals surface area contributed by atoms with Gasteiger partial charge in [0.05, 0.1) is 16.8 Å². The summed E-state index contributed by atoms with van der Waals surface area (Å²) in [4.78, 5) is 33.9. The predicted molar refractivity (Wildman–Crippen MR) is 141 cm³/mol. The number of hydrogen-bond acceptors (Lipinski definition) is 5. The van der Waals surface area contributed by atoms with Gasteiger partial charge in [0.2, 0.25) is 0 Å². The Hall–Kier alpha value is -3.22. The minimum absolute atomic E-state index is 0.0233. The summed E-state index contributed by atoms with van der Waals surface area (Å²) in [7, 11) is 0. The summed E-state index contributed by atoms with van der Waals surface area (Å²) in [5.41, 5.74) is 2.60. The van der Waals surface area contributed by atoms with Crippen LogP contribution in [0.5, 0.6) is 0 Å². The molecule has 0 saturated heterocycles. The van der Waals surface area contributed by atoms with Crippen LogP contribution in [0, 0.1) is 0 Å². The van der Waals surface area contributed by atoms with Gasteiger partial charge < -0.3 is 0 Å². The lowest BCUT2D eigenvalue weighted by molar-refractivity contribution is 0.102. The Bertz CT molecular complexity index is 1600. The first-order valence-electron chi connectivity index (χ1n) is 11.5. The van der Waals surface area contributed by atoms with Crippen molar-refractivity contribution in [1.82, 2.24) is 9.55 Å². The van der Waals surface area contributed by atoms with Crippen LogP contribution < -0.4 is 5.56 Å². The van der Waals surface area contributed by atoms with Crippen molar-refractivity contribution in [1.29, 1.82) is 0 Å². The quantitative estimate of drug-likeness (QED) is 0.164. The first-order chi connectivity index (χ1) is 16.7. The Morgan fingerprint density at radius 2 is 1.71 bits per heavy atom. The van der Waals surface area contributed by atoms with Gasteiger partial charge in [0.1, 0.15) is 4.83 Å². The maximum Gasteiger partial charge on any atom is 0.267 e. The summed E-state index contributed by atoms with van der Waals surface area (Å²) >= 11 is 2.98. The molecule has 0 spiro atoms. The summed E-state index contributed by atoms with van der Waals surface area (Å²) < 4.78 is 1.68. The molecule has 0 aliphatic heterocycles. The first kappa shape index (κ1) is 21.3. The van der Waals surface area contributed by atoms with Crippen molar-refractivity contribution in [3.8, 4) is 5.69 Å². The van der Waals surface area contributed by atoms with Gasteiger partial charge in [-0.15, -0.1) is 11.3 Å². The Kier molecular flexibility index (Phi) is 5.55. The van der Waals surface area contributed by atoms with E-state index in [-0.39, 0.29) is 17.1 Å². The van der Waals surface area contributed by atoms with Gasteiger partial charge >= 0.3 is 0 Å². The zero-order chi connectivity index (χ0) is 23.1. The molecular formula is C28H22N2O2S2. The van der Waals surface area contributed by atoms with Crippen molar-refractivity contribution in [2.24, 2.45) is 0 Å². The van der Waals surface area contributed by atoms with E-state index in [1.165, 1.54) is 22.2 Å². The van der Waals surface area contributed by atoms with Crippen molar-refractivity contribution >= 4 is 49.9 Å². The molecule has 0 radical (unpaired) electrons. The number of para-hydroxylation sites is 1. The topological polar surface area (TPSA) is 52.0 Å². The number of nitrogens with zero attached hydrogens (tertiary/aromatic N) is 2. The average molecular weight is 483 g/mol. The van der Waals surface area contributed by atoms with E-state index in [1.807, 2.05) is 72.8 Å². The predicted octanol–water partition coefficient (Wildman–Crippen LogP) is 6.45. The highest BCUT2D eigenvalue weighted by Crippen LogP contribution is 2.35. The molecule has 0 bridgehead atoms. The number of aromatic nitrogens is 2. The van der Waals surface area contributed by atoms with Crippen LogP contribution >= 0.6 is 23.1 Å². The number of hydrogen-bond donors (Lipinski definition) is 0. The third kappa shape index (κ3) is 3.77. The number of thioether (sulfide) groups is 1. The Morgan fingerprint density at radius 1 is 0.941 bits per heavy atom. The van der Waals surface area contributed by atoms with Gasteiger partial charge in [-0.25, -0.2) is 4.98 Å². The van der Waals surface area contributed by atoms with Gasteiger partial charge in [-0.05, 0) is 60.2 Å². The molecule has 0 saturated carbocycles. The van der Waals surface area contributed by atoms with Gasteiger partial charge in [-0.2, -0.15) is 0 Å². The van der Waals surface area contributed by atoms with E-state index < -0.39 is 0 Å². The third-order valence-electron chi connectivity index (χ3n) is 6.38. The van der Waals surface area contributed by atoms with E-state index in [0.29, 0.717) is 10.7 Å². The third-order valence-corrected chi connectivity index (χ3v) is 8.50. The maximum absolute atomic E-state index is 13.8. The van der Waals surface area contributed by atoms with Crippen LogP contribution in [0.1, 0.15) is 33.6 Å². The molecule has 6 rings (SSSR count). The van der Waals surface area contributed by atoms with Crippen LogP contribution in [-0.4, -0.2) is 21.1 Å². The highest BCUT2D eigenvalue weighted by atomic mass is 32.2. The molecule has 34 heavy (non-hydrogen) atoms. The second-order valence-electron chi connectivity index (χ2n) is 8.54. The largest absolute Gasteiger partial charge is 0.293 e. The van der Waals surface area contributed by atoms with Gasteiger partial charge in [0, 0.05) is 10.4 Å². The Morgan fingerprint density at radius 3 is 2.56 bits per heavy atom. The second-order valence-corrected chi connectivity index (χ2v) is 10.6. The van der Waals surface area contributed by atoms with Crippen molar-refractivity contribution in [3.05, 3.63) is 99.2 Å². The summed E-state index contributed by atoms with van der Waals surface area (Å²) in [6.45, 7) is 0. The molecule has 3 aromatic carbocycles. The highest BCUT2D eigenvalue weighted by molar-refractivity contribution is 7.99. The minimum Gasteiger partial charge on any atom is -0.293 e. The summed E-state index contributed by atoms with van der Waals surface area (Å²) in [6, 6.07) is 23.4. The van der Waals surface area contributed by atoms with E-state index in [2.05, 4.69) is 0 Å². The molecule has 4 nitrogen and oxygen atoms in total. The highest BCUT2D eigenvalue weighted by Gasteiger charge is 2.23. The molecule has 0 atom stereocenters. The number of Topliss-reactive ketones (excluding diaryl/α,β-unsaturated/α-hetero) is 1. The monoisotopic (exact) mass is 482 g/mol. The number of thiophene rings is 1. The van der Waals surface area contributed by atoms with Gasteiger partial charge in [-0.1, -0.05) is 66.4 Å². The summed E-state index contributed by atoms with van der Waals surface area (Å²) in [5.74, 6) is 0.240. The molecule has 1 aliphatic carbocycles. The molecule has 0 N–H and O–H groups in total. The van der Waals surface area contributed by atoms with Gasteiger partial charge in [-0.3, -0.25) is 14.2 Å². The molecule has 168 valence electrons. The average Bonchev–Trinajstić information content (AvgIpc) is 3.26.